The topological polar surface area (TPSA) is 49.8 Å². The van der Waals surface area contributed by atoms with Crippen LogP contribution in [0.3, 0.4) is 0 Å². The van der Waals surface area contributed by atoms with E-state index in [1.807, 2.05) is 45.0 Å². The predicted molar refractivity (Wildman–Crippen MR) is 85.0 cm³/mol. The van der Waals surface area contributed by atoms with E-state index < -0.39 is 0 Å². The maximum atomic E-state index is 6.04. The van der Waals surface area contributed by atoms with Crippen LogP contribution < -0.4 is 10.6 Å². The molecule has 20 heavy (non-hydrogen) atoms. The molecule has 0 aliphatic heterocycles. The van der Waals surface area contributed by atoms with Crippen molar-refractivity contribution in [2.45, 2.75) is 27.2 Å². The van der Waals surface area contributed by atoms with Crippen LogP contribution in [0.25, 0.3) is 0 Å². The number of nitrogens with zero attached hydrogens (tertiary/aromatic N) is 2. The van der Waals surface area contributed by atoms with E-state index in [0.717, 1.165) is 41.7 Å². The zero-order chi connectivity index (χ0) is 14.5. The summed E-state index contributed by atoms with van der Waals surface area (Å²) in [6, 6.07) is 7.67. The van der Waals surface area contributed by atoms with Crippen molar-refractivity contribution in [2.24, 2.45) is 0 Å². The van der Waals surface area contributed by atoms with Gasteiger partial charge in [-0.15, -0.1) is 0 Å². The molecule has 5 heteroatoms. The number of benzene rings is 1. The third-order valence-electron chi connectivity index (χ3n) is 2.91. The quantitative estimate of drug-likeness (QED) is 0.867. The van der Waals surface area contributed by atoms with Crippen molar-refractivity contribution in [3.8, 4) is 0 Å². The van der Waals surface area contributed by atoms with Gasteiger partial charge in [-0.3, -0.25) is 0 Å². The molecule has 0 bridgehead atoms. The lowest BCUT2D eigenvalue weighted by atomic mass is 10.2. The summed E-state index contributed by atoms with van der Waals surface area (Å²) in [4.78, 5) is 8.93. The molecule has 0 saturated carbocycles. The fraction of sp³-hybridized carbons (Fsp3) is 0.333. The maximum absolute atomic E-state index is 6.04. The molecule has 106 valence electrons. The van der Waals surface area contributed by atoms with Crippen LogP contribution in [-0.2, 0) is 6.42 Å². The third-order valence-corrected chi connectivity index (χ3v) is 3.14. The van der Waals surface area contributed by atoms with Crippen molar-refractivity contribution in [1.29, 1.82) is 0 Å². The first-order valence-corrected chi connectivity index (χ1v) is 7.15. The first-order chi connectivity index (χ1) is 9.62. The van der Waals surface area contributed by atoms with Gasteiger partial charge in [-0.1, -0.05) is 24.6 Å². The van der Waals surface area contributed by atoms with Crippen LogP contribution in [0.5, 0.6) is 0 Å². The zero-order valence-corrected chi connectivity index (χ0v) is 12.8. The normalized spacial score (nSPS) is 10.4. The maximum Gasteiger partial charge on any atom is 0.136 e. The number of aromatic nitrogens is 2. The van der Waals surface area contributed by atoms with E-state index in [4.69, 9.17) is 11.6 Å². The number of anilines is 3. The van der Waals surface area contributed by atoms with Gasteiger partial charge in [-0.25, -0.2) is 9.97 Å². The van der Waals surface area contributed by atoms with Gasteiger partial charge >= 0.3 is 0 Å². The van der Waals surface area contributed by atoms with Crippen LogP contribution in [0.15, 0.2) is 24.3 Å². The molecule has 0 atom stereocenters. The summed E-state index contributed by atoms with van der Waals surface area (Å²) in [6.07, 6.45) is 0.794. The molecule has 2 aromatic rings. The number of aryl methyl sites for hydroxylation is 2. The second-order valence-corrected chi connectivity index (χ2v) is 4.96. The minimum Gasteiger partial charge on any atom is -0.370 e. The standard InChI is InChI=1S/C15H19ClN4/c1-4-13-19-14(17-5-2)9-15(20-13)18-12-8-11(16)7-6-10(12)3/h6-9H,4-5H2,1-3H3,(H2,17,18,19,20). The third kappa shape index (κ3) is 3.61. The van der Waals surface area contributed by atoms with Crippen LogP contribution in [0, 0.1) is 6.92 Å². The van der Waals surface area contributed by atoms with Gasteiger partial charge < -0.3 is 10.6 Å². The summed E-state index contributed by atoms with van der Waals surface area (Å²) < 4.78 is 0. The van der Waals surface area contributed by atoms with E-state index in [-0.39, 0.29) is 0 Å². The van der Waals surface area contributed by atoms with Gasteiger partial charge in [0.05, 0.1) is 0 Å². The van der Waals surface area contributed by atoms with Crippen LogP contribution in [0.2, 0.25) is 5.02 Å². The van der Waals surface area contributed by atoms with E-state index in [0.29, 0.717) is 5.02 Å². The first-order valence-electron chi connectivity index (χ1n) is 6.77. The average Bonchev–Trinajstić information content (AvgIpc) is 2.43. The molecule has 0 spiro atoms. The van der Waals surface area contributed by atoms with Gasteiger partial charge in [0.25, 0.3) is 0 Å². The molecule has 0 aliphatic rings. The summed E-state index contributed by atoms with van der Waals surface area (Å²) in [5.41, 5.74) is 2.08. The first kappa shape index (κ1) is 14.6. The van der Waals surface area contributed by atoms with Crippen molar-refractivity contribution < 1.29 is 0 Å². The summed E-state index contributed by atoms with van der Waals surface area (Å²) in [5.74, 6) is 2.42. The Labute approximate surface area is 124 Å². The van der Waals surface area contributed by atoms with Gasteiger partial charge in [0.2, 0.25) is 0 Å². The second kappa shape index (κ2) is 6.57. The largest absolute Gasteiger partial charge is 0.370 e. The van der Waals surface area contributed by atoms with E-state index >= 15 is 0 Å². The van der Waals surface area contributed by atoms with Gasteiger partial charge in [-0.2, -0.15) is 0 Å². The minimum atomic E-state index is 0.703. The molecule has 0 radical (unpaired) electrons. The van der Waals surface area contributed by atoms with Crippen molar-refractivity contribution in [1.82, 2.24) is 9.97 Å². The van der Waals surface area contributed by atoms with Crippen LogP contribution in [0.4, 0.5) is 17.3 Å². The Morgan fingerprint density at radius 3 is 2.55 bits per heavy atom. The molecule has 1 aromatic heterocycles. The van der Waals surface area contributed by atoms with Gasteiger partial charge in [0.1, 0.15) is 17.5 Å². The molecular formula is C15H19ClN4. The van der Waals surface area contributed by atoms with Crippen LogP contribution in [0.1, 0.15) is 25.2 Å². The fourth-order valence-corrected chi connectivity index (χ4v) is 2.03. The van der Waals surface area contributed by atoms with Crippen molar-refractivity contribution in [2.75, 3.05) is 17.2 Å². The fourth-order valence-electron chi connectivity index (χ4n) is 1.86. The SMILES string of the molecule is CCNc1cc(Nc2cc(Cl)ccc2C)nc(CC)n1. The summed E-state index contributed by atoms with van der Waals surface area (Å²) >= 11 is 6.04. The van der Waals surface area contributed by atoms with E-state index in [1.54, 1.807) is 0 Å². The molecule has 0 saturated heterocycles. The van der Waals surface area contributed by atoms with Crippen LogP contribution in [-0.4, -0.2) is 16.5 Å². The summed E-state index contributed by atoms with van der Waals surface area (Å²) in [7, 11) is 0. The Kier molecular flexibility index (Phi) is 4.79. The average molecular weight is 291 g/mol. The summed E-state index contributed by atoms with van der Waals surface area (Å²) in [6.45, 7) is 6.95. The van der Waals surface area contributed by atoms with E-state index in [9.17, 15) is 0 Å². The lowest BCUT2D eigenvalue weighted by molar-refractivity contribution is 0.939. The molecule has 0 amide bonds. The van der Waals surface area contributed by atoms with Crippen molar-refractivity contribution >= 4 is 28.9 Å². The Morgan fingerprint density at radius 2 is 1.85 bits per heavy atom. The molecule has 2 rings (SSSR count). The Balaban J connectivity index is 2.32. The summed E-state index contributed by atoms with van der Waals surface area (Å²) in [5, 5.41) is 7.23. The molecule has 0 fully saturated rings. The lowest BCUT2D eigenvalue weighted by Gasteiger charge is -2.12. The molecular weight excluding hydrogens is 272 g/mol. The van der Waals surface area contributed by atoms with Gasteiger partial charge in [0, 0.05) is 29.7 Å². The van der Waals surface area contributed by atoms with Crippen molar-refractivity contribution in [3.05, 3.63) is 40.7 Å². The number of nitrogens with one attached hydrogen (secondary N) is 2. The number of halogens is 1. The number of hydrogen-bond acceptors (Lipinski definition) is 4. The molecule has 2 N–H and O–H groups in total. The van der Waals surface area contributed by atoms with E-state index in [1.165, 1.54) is 0 Å². The van der Waals surface area contributed by atoms with Crippen LogP contribution >= 0.6 is 11.6 Å². The Bertz CT molecular complexity index is 598. The predicted octanol–water partition coefficient (Wildman–Crippen LogP) is 4.18. The molecule has 1 heterocycles. The highest BCUT2D eigenvalue weighted by Gasteiger charge is 2.05. The highest BCUT2D eigenvalue weighted by molar-refractivity contribution is 6.30. The lowest BCUT2D eigenvalue weighted by Crippen LogP contribution is -2.06. The smallest absolute Gasteiger partial charge is 0.136 e. The number of rotatable bonds is 5. The van der Waals surface area contributed by atoms with Crippen molar-refractivity contribution in [3.63, 3.8) is 0 Å². The van der Waals surface area contributed by atoms with Gasteiger partial charge in [-0.05, 0) is 31.5 Å². The van der Waals surface area contributed by atoms with Gasteiger partial charge in [0.15, 0.2) is 0 Å². The number of hydrogen-bond donors (Lipinski definition) is 2. The molecule has 1 aromatic carbocycles. The highest BCUT2D eigenvalue weighted by Crippen LogP contribution is 2.24. The monoisotopic (exact) mass is 290 g/mol. The molecule has 4 nitrogen and oxygen atoms in total. The highest BCUT2D eigenvalue weighted by atomic mass is 35.5. The van der Waals surface area contributed by atoms with E-state index in [2.05, 4.69) is 20.6 Å². The molecule has 0 aliphatic carbocycles. The minimum absolute atomic E-state index is 0.703. The zero-order valence-electron chi connectivity index (χ0n) is 12.0. The Morgan fingerprint density at radius 1 is 1.10 bits per heavy atom. The second-order valence-electron chi connectivity index (χ2n) is 4.52. The molecule has 0 unspecified atom stereocenters. The Hall–Kier alpha value is -1.81.